The Morgan fingerprint density at radius 2 is 2.00 bits per heavy atom. The summed E-state index contributed by atoms with van der Waals surface area (Å²) in [6.07, 6.45) is 0. The average Bonchev–Trinajstić information content (AvgIpc) is 2.80. The highest BCUT2D eigenvalue weighted by molar-refractivity contribution is 14.1. The number of hydrogen-bond donors (Lipinski definition) is 3. The highest BCUT2D eigenvalue weighted by Gasteiger charge is 2.17. The van der Waals surface area contributed by atoms with E-state index in [0.717, 1.165) is 14.9 Å². The molecule has 1 heterocycles. The SMILES string of the molecule is O=C(Nc1ccsc1C(=O)O)c1cc(I)ccc1O. The van der Waals surface area contributed by atoms with Crippen LogP contribution in [0.1, 0.15) is 20.0 Å². The quantitative estimate of drug-likeness (QED) is 0.705. The molecule has 98 valence electrons. The maximum Gasteiger partial charge on any atom is 0.348 e. The normalized spacial score (nSPS) is 10.2. The van der Waals surface area contributed by atoms with E-state index in [9.17, 15) is 14.7 Å². The van der Waals surface area contributed by atoms with E-state index in [2.05, 4.69) is 5.32 Å². The minimum atomic E-state index is -1.10. The number of aromatic carboxylic acids is 1. The van der Waals surface area contributed by atoms with Crippen molar-refractivity contribution in [1.29, 1.82) is 0 Å². The number of benzene rings is 1. The predicted molar refractivity (Wildman–Crippen MR) is 80.1 cm³/mol. The third-order valence-corrected chi connectivity index (χ3v) is 3.88. The first-order valence-electron chi connectivity index (χ1n) is 5.09. The minimum absolute atomic E-state index is 0.0541. The number of thiophene rings is 1. The number of aromatic hydroxyl groups is 1. The van der Waals surface area contributed by atoms with E-state index in [1.165, 1.54) is 18.2 Å². The minimum Gasteiger partial charge on any atom is -0.507 e. The number of rotatable bonds is 3. The van der Waals surface area contributed by atoms with Gasteiger partial charge in [-0.15, -0.1) is 11.3 Å². The fourth-order valence-electron chi connectivity index (χ4n) is 1.45. The number of hydrogen-bond acceptors (Lipinski definition) is 4. The highest BCUT2D eigenvalue weighted by atomic mass is 127. The fraction of sp³-hybridized carbons (Fsp3) is 0. The molecule has 0 radical (unpaired) electrons. The van der Waals surface area contributed by atoms with Gasteiger partial charge in [-0.3, -0.25) is 4.79 Å². The maximum atomic E-state index is 12.0. The Kier molecular flexibility index (Phi) is 4.05. The van der Waals surface area contributed by atoms with E-state index in [1.54, 1.807) is 11.4 Å². The lowest BCUT2D eigenvalue weighted by atomic mass is 10.2. The Hall–Kier alpha value is -1.61. The first-order valence-corrected chi connectivity index (χ1v) is 7.05. The average molecular weight is 389 g/mol. The zero-order chi connectivity index (χ0) is 14.0. The Bertz CT molecular complexity index is 653. The van der Waals surface area contributed by atoms with E-state index in [-0.39, 0.29) is 21.9 Å². The van der Waals surface area contributed by atoms with Crippen LogP contribution in [0.3, 0.4) is 0 Å². The molecule has 19 heavy (non-hydrogen) atoms. The van der Waals surface area contributed by atoms with Gasteiger partial charge in [0.1, 0.15) is 10.6 Å². The van der Waals surface area contributed by atoms with Gasteiger partial charge in [-0.2, -0.15) is 0 Å². The monoisotopic (exact) mass is 389 g/mol. The van der Waals surface area contributed by atoms with Crippen LogP contribution in [0.5, 0.6) is 5.75 Å². The standard InChI is InChI=1S/C12H8INO4S/c13-6-1-2-9(15)7(5-6)11(16)14-8-3-4-19-10(8)12(17)18/h1-5,15H,(H,14,16)(H,17,18). The molecule has 5 nitrogen and oxygen atoms in total. The Morgan fingerprint density at radius 3 is 2.68 bits per heavy atom. The van der Waals surface area contributed by atoms with Crippen molar-refractivity contribution in [2.45, 2.75) is 0 Å². The van der Waals surface area contributed by atoms with Crippen LogP contribution < -0.4 is 5.32 Å². The van der Waals surface area contributed by atoms with Crippen LogP contribution in [0.4, 0.5) is 5.69 Å². The van der Waals surface area contributed by atoms with Gasteiger partial charge in [-0.05, 0) is 52.2 Å². The summed E-state index contributed by atoms with van der Waals surface area (Å²) in [4.78, 5) is 23.0. The molecule has 0 atom stereocenters. The van der Waals surface area contributed by atoms with Gasteiger partial charge in [0.25, 0.3) is 5.91 Å². The number of nitrogens with one attached hydrogen (secondary N) is 1. The van der Waals surface area contributed by atoms with Crippen molar-refractivity contribution >= 4 is 51.5 Å². The molecule has 7 heteroatoms. The molecule has 1 amide bonds. The molecule has 0 saturated carbocycles. The van der Waals surface area contributed by atoms with Crippen molar-refractivity contribution in [3.05, 3.63) is 43.7 Å². The fourth-order valence-corrected chi connectivity index (χ4v) is 2.63. The second kappa shape index (κ2) is 5.57. The summed E-state index contributed by atoms with van der Waals surface area (Å²) in [5.41, 5.74) is 0.329. The van der Waals surface area contributed by atoms with Gasteiger partial charge < -0.3 is 15.5 Å². The summed E-state index contributed by atoms with van der Waals surface area (Å²) in [7, 11) is 0. The van der Waals surface area contributed by atoms with Crippen molar-refractivity contribution in [2.75, 3.05) is 5.32 Å². The van der Waals surface area contributed by atoms with Gasteiger partial charge in [-0.1, -0.05) is 0 Å². The second-order valence-electron chi connectivity index (χ2n) is 3.58. The number of carbonyl (C=O) groups is 2. The van der Waals surface area contributed by atoms with Gasteiger partial charge in [0, 0.05) is 3.57 Å². The molecule has 0 unspecified atom stereocenters. The largest absolute Gasteiger partial charge is 0.507 e. The molecule has 2 rings (SSSR count). The lowest BCUT2D eigenvalue weighted by Gasteiger charge is -2.06. The van der Waals surface area contributed by atoms with Crippen molar-refractivity contribution in [2.24, 2.45) is 0 Å². The molecule has 1 aromatic heterocycles. The second-order valence-corrected chi connectivity index (χ2v) is 5.75. The Labute approximate surface area is 126 Å². The van der Waals surface area contributed by atoms with Gasteiger partial charge in [0.05, 0.1) is 11.3 Å². The summed E-state index contributed by atoms with van der Waals surface area (Å²) in [6.45, 7) is 0. The smallest absolute Gasteiger partial charge is 0.348 e. The molecule has 0 saturated heterocycles. The molecular formula is C12H8INO4S. The van der Waals surface area contributed by atoms with E-state index in [4.69, 9.17) is 5.11 Å². The Balaban J connectivity index is 2.28. The third-order valence-electron chi connectivity index (χ3n) is 2.31. The number of amides is 1. The third kappa shape index (κ3) is 3.04. The van der Waals surface area contributed by atoms with E-state index < -0.39 is 11.9 Å². The van der Waals surface area contributed by atoms with Crippen LogP contribution in [0.2, 0.25) is 0 Å². The molecule has 0 aliphatic heterocycles. The van der Waals surface area contributed by atoms with Crippen LogP contribution in [-0.2, 0) is 0 Å². The number of carbonyl (C=O) groups excluding carboxylic acids is 1. The summed E-state index contributed by atoms with van der Waals surface area (Å²) in [5, 5.41) is 22.6. The first-order chi connectivity index (χ1) is 8.99. The number of carboxylic acids is 1. The van der Waals surface area contributed by atoms with Crippen molar-refractivity contribution in [3.63, 3.8) is 0 Å². The molecule has 0 spiro atoms. The van der Waals surface area contributed by atoms with Crippen LogP contribution in [0, 0.1) is 3.57 Å². The highest BCUT2D eigenvalue weighted by Crippen LogP contribution is 2.25. The zero-order valence-electron chi connectivity index (χ0n) is 9.38. The van der Waals surface area contributed by atoms with Gasteiger partial charge in [0.2, 0.25) is 0 Å². The van der Waals surface area contributed by atoms with Gasteiger partial charge >= 0.3 is 5.97 Å². The van der Waals surface area contributed by atoms with Crippen LogP contribution in [0.15, 0.2) is 29.6 Å². The lowest BCUT2D eigenvalue weighted by Crippen LogP contribution is -2.13. The topological polar surface area (TPSA) is 86.6 Å². The maximum absolute atomic E-state index is 12.0. The van der Waals surface area contributed by atoms with E-state index >= 15 is 0 Å². The molecule has 0 aliphatic rings. The van der Waals surface area contributed by atoms with Gasteiger partial charge in [-0.25, -0.2) is 4.79 Å². The van der Waals surface area contributed by atoms with Crippen LogP contribution in [0.25, 0.3) is 0 Å². The van der Waals surface area contributed by atoms with Crippen molar-refractivity contribution < 1.29 is 19.8 Å². The van der Waals surface area contributed by atoms with Crippen molar-refractivity contribution in [3.8, 4) is 5.75 Å². The molecular weight excluding hydrogens is 381 g/mol. The number of phenolic OH excluding ortho intramolecular Hbond substituents is 1. The first kappa shape index (κ1) is 13.8. The zero-order valence-corrected chi connectivity index (χ0v) is 12.4. The molecule has 0 aliphatic carbocycles. The molecule has 3 N–H and O–H groups in total. The molecule has 2 aromatic rings. The number of anilines is 1. The van der Waals surface area contributed by atoms with E-state index in [1.807, 2.05) is 22.6 Å². The van der Waals surface area contributed by atoms with E-state index in [0.29, 0.717) is 0 Å². The Morgan fingerprint density at radius 1 is 1.26 bits per heavy atom. The number of carboxylic acid groups (broad SMARTS) is 1. The summed E-state index contributed by atoms with van der Waals surface area (Å²) in [5.74, 6) is -1.79. The summed E-state index contributed by atoms with van der Waals surface area (Å²) >= 11 is 3.04. The van der Waals surface area contributed by atoms with Crippen molar-refractivity contribution in [1.82, 2.24) is 0 Å². The van der Waals surface area contributed by atoms with Crippen LogP contribution >= 0.6 is 33.9 Å². The molecule has 1 aromatic carbocycles. The summed E-state index contributed by atoms with van der Waals surface area (Å²) < 4.78 is 0.796. The lowest BCUT2D eigenvalue weighted by molar-refractivity contribution is 0.0703. The van der Waals surface area contributed by atoms with Crippen LogP contribution in [-0.4, -0.2) is 22.1 Å². The molecule has 0 fully saturated rings. The molecule has 0 bridgehead atoms. The summed E-state index contributed by atoms with van der Waals surface area (Å²) in [6, 6.07) is 6.12. The number of halogens is 1. The van der Waals surface area contributed by atoms with Gasteiger partial charge in [0.15, 0.2) is 0 Å². The predicted octanol–water partition coefficient (Wildman–Crippen LogP) is 3.01. The number of phenols is 1.